The molecule has 0 spiro atoms. The van der Waals surface area contributed by atoms with Crippen LogP contribution in [0.2, 0.25) is 0 Å². The summed E-state index contributed by atoms with van der Waals surface area (Å²) in [5, 5.41) is 3.35. The highest BCUT2D eigenvalue weighted by Gasteiger charge is 2.27. The number of ether oxygens (including phenoxy) is 1. The van der Waals surface area contributed by atoms with Crippen molar-refractivity contribution in [3.05, 3.63) is 23.8 Å². The van der Waals surface area contributed by atoms with E-state index in [9.17, 15) is 0 Å². The van der Waals surface area contributed by atoms with E-state index in [0.717, 1.165) is 12.3 Å². The SMILES string of the molecule is CCC1CCCN1c1cccc(OC)c1C(C)NC. The summed E-state index contributed by atoms with van der Waals surface area (Å²) in [6.07, 6.45) is 3.81. The standard InChI is InChI=1S/C16H26N2O/c1-5-13-8-7-11-18(13)14-9-6-10-15(19-4)16(14)12(2)17-3/h6,9-10,12-13,17H,5,7-8,11H2,1-4H3. The van der Waals surface area contributed by atoms with E-state index in [0.29, 0.717) is 12.1 Å². The Morgan fingerprint density at radius 1 is 1.47 bits per heavy atom. The van der Waals surface area contributed by atoms with Crippen LogP contribution < -0.4 is 15.0 Å². The Bertz CT molecular complexity index is 419. The average Bonchev–Trinajstić information content (AvgIpc) is 2.93. The summed E-state index contributed by atoms with van der Waals surface area (Å²) in [6.45, 7) is 5.64. The molecule has 3 nitrogen and oxygen atoms in total. The van der Waals surface area contributed by atoms with Crippen molar-refractivity contribution in [3.8, 4) is 5.75 Å². The number of anilines is 1. The zero-order valence-electron chi connectivity index (χ0n) is 12.6. The minimum absolute atomic E-state index is 0.296. The van der Waals surface area contributed by atoms with Crippen molar-refractivity contribution in [2.75, 3.05) is 25.6 Å². The zero-order valence-corrected chi connectivity index (χ0v) is 12.6. The topological polar surface area (TPSA) is 24.5 Å². The Morgan fingerprint density at radius 3 is 2.89 bits per heavy atom. The lowest BCUT2D eigenvalue weighted by Gasteiger charge is -2.30. The van der Waals surface area contributed by atoms with E-state index in [-0.39, 0.29) is 0 Å². The predicted molar refractivity (Wildman–Crippen MR) is 81.1 cm³/mol. The third-order valence-electron chi connectivity index (χ3n) is 4.29. The van der Waals surface area contributed by atoms with Crippen LogP contribution in [0.15, 0.2) is 18.2 Å². The average molecular weight is 262 g/mol. The molecule has 0 saturated carbocycles. The van der Waals surface area contributed by atoms with Gasteiger partial charge < -0.3 is 15.0 Å². The number of nitrogens with one attached hydrogen (secondary N) is 1. The molecule has 0 bridgehead atoms. The van der Waals surface area contributed by atoms with Crippen molar-refractivity contribution in [1.29, 1.82) is 0 Å². The van der Waals surface area contributed by atoms with Crippen LogP contribution in [0.4, 0.5) is 5.69 Å². The largest absolute Gasteiger partial charge is 0.496 e. The summed E-state index contributed by atoms with van der Waals surface area (Å²) in [5.74, 6) is 0.987. The van der Waals surface area contributed by atoms with Gasteiger partial charge in [-0.3, -0.25) is 0 Å². The highest BCUT2D eigenvalue weighted by Crippen LogP contribution is 2.38. The molecule has 106 valence electrons. The van der Waals surface area contributed by atoms with Crippen LogP contribution in [0.1, 0.15) is 44.7 Å². The molecule has 1 aliphatic heterocycles. The molecule has 1 aromatic rings. The number of methoxy groups -OCH3 is 1. The van der Waals surface area contributed by atoms with Gasteiger partial charge >= 0.3 is 0 Å². The molecule has 0 aliphatic carbocycles. The van der Waals surface area contributed by atoms with E-state index in [2.05, 4.69) is 42.3 Å². The van der Waals surface area contributed by atoms with Gasteiger partial charge in [0, 0.05) is 29.9 Å². The molecular weight excluding hydrogens is 236 g/mol. The molecule has 0 radical (unpaired) electrons. The Morgan fingerprint density at radius 2 is 2.26 bits per heavy atom. The second kappa shape index (κ2) is 6.29. The molecule has 2 unspecified atom stereocenters. The van der Waals surface area contributed by atoms with E-state index in [1.165, 1.54) is 30.5 Å². The van der Waals surface area contributed by atoms with Crippen LogP contribution in [0.5, 0.6) is 5.75 Å². The van der Waals surface area contributed by atoms with E-state index in [1.54, 1.807) is 7.11 Å². The number of nitrogens with zero attached hydrogens (tertiary/aromatic N) is 1. The first-order valence-electron chi connectivity index (χ1n) is 7.33. The Labute approximate surface area is 116 Å². The maximum atomic E-state index is 5.57. The van der Waals surface area contributed by atoms with Crippen molar-refractivity contribution in [3.63, 3.8) is 0 Å². The number of rotatable bonds is 5. The fourth-order valence-corrected chi connectivity index (χ4v) is 3.12. The lowest BCUT2D eigenvalue weighted by molar-refractivity contribution is 0.403. The molecule has 2 rings (SSSR count). The van der Waals surface area contributed by atoms with E-state index in [4.69, 9.17) is 4.74 Å². The number of hydrogen-bond donors (Lipinski definition) is 1. The van der Waals surface area contributed by atoms with Gasteiger partial charge in [0.05, 0.1) is 7.11 Å². The monoisotopic (exact) mass is 262 g/mol. The maximum Gasteiger partial charge on any atom is 0.125 e. The van der Waals surface area contributed by atoms with Gasteiger partial charge in [0.1, 0.15) is 5.75 Å². The third-order valence-corrected chi connectivity index (χ3v) is 4.29. The summed E-state index contributed by atoms with van der Waals surface area (Å²) < 4.78 is 5.57. The van der Waals surface area contributed by atoms with Crippen molar-refractivity contribution >= 4 is 5.69 Å². The van der Waals surface area contributed by atoms with Gasteiger partial charge in [-0.15, -0.1) is 0 Å². The summed E-state index contributed by atoms with van der Waals surface area (Å²) in [7, 11) is 3.76. The summed E-state index contributed by atoms with van der Waals surface area (Å²) in [6, 6.07) is 7.37. The predicted octanol–water partition coefficient (Wildman–Crippen LogP) is 3.35. The molecule has 0 amide bonds. The van der Waals surface area contributed by atoms with Gasteiger partial charge in [0.25, 0.3) is 0 Å². The molecule has 19 heavy (non-hydrogen) atoms. The molecule has 1 heterocycles. The smallest absolute Gasteiger partial charge is 0.125 e. The zero-order chi connectivity index (χ0) is 13.8. The highest BCUT2D eigenvalue weighted by molar-refractivity contribution is 5.62. The molecule has 1 fully saturated rings. The molecule has 1 N–H and O–H groups in total. The second-order valence-electron chi connectivity index (χ2n) is 5.30. The van der Waals surface area contributed by atoms with Crippen LogP contribution in [0, 0.1) is 0 Å². The fraction of sp³-hybridized carbons (Fsp3) is 0.625. The van der Waals surface area contributed by atoms with Crippen molar-refractivity contribution in [2.45, 2.75) is 45.2 Å². The first kappa shape index (κ1) is 14.2. The van der Waals surface area contributed by atoms with E-state index in [1.807, 2.05) is 7.05 Å². The van der Waals surface area contributed by atoms with Crippen LogP contribution in [0.25, 0.3) is 0 Å². The van der Waals surface area contributed by atoms with Crippen LogP contribution in [-0.2, 0) is 0 Å². The lowest BCUT2D eigenvalue weighted by Crippen LogP contribution is -2.30. The lowest BCUT2D eigenvalue weighted by atomic mass is 10.0. The van der Waals surface area contributed by atoms with Gasteiger partial charge in [0.2, 0.25) is 0 Å². The van der Waals surface area contributed by atoms with Crippen molar-refractivity contribution in [1.82, 2.24) is 5.32 Å². The quantitative estimate of drug-likeness (QED) is 0.880. The highest BCUT2D eigenvalue weighted by atomic mass is 16.5. The summed E-state index contributed by atoms with van der Waals surface area (Å²) >= 11 is 0. The molecule has 3 heteroatoms. The van der Waals surface area contributed by atoms with Crippen LogP contribution >= 0.6 is 0 Å². The summed E-state index contributed by atoms with van der Waals surface area (Å²) in [5.41, 5.74) is 2.62. The minimum Gasteiger partial charge on any atom is -0.496 e. The van der Waals surface area contributed by atoms with Gasteiger partial charge in [-0.05, 0) is 45.4 Å². The van der Waals surface area contributed by atoms with Crippen LogP contribution in [0.3, 0.4) is 0 Å². The fourth-order valence-electron chi connectivity index (χ4n) is 3.12. The first-order valence-corrected chi connectivity index (χ1v) is 7.33. The van der Waals surface area contributed by atoms with Gasteiger partial charge in [-0.25, -0.2) is 0 Å². The van der Waals surface area contributed by atoms with Gasteiger partial charge in [-0.2, -0.15) is 0 Å². The minimum atomic E-state index is 0.296. The Balaban J connectivity index is 2.44. The molecule has 1 aromatic carbocycles. The molecular formula is C16H26N2O. The van der Waals surface area contributed by atoms with E-state index >= 15 is 0 Å². The third kappa shape index (κ3) is 2.71. The van der Waals surface area contributed by atoms with E-state index < -0.39 is 0 Å². The number of hydrogen-bond acceptors (Lipinski definition) is 3. The van der Waals surface area contributed by atoms with Gasteiger partial charge in [0.15, 0.2) is 0 Å². The second-order valence-corrected chi connectivity index (χ2v) is 5.30. The normalized spacial score (nSPS) is 20.6. The maximum absolute atomic E-state index is 5.57. The summed E-state index contributed by atoms with van der Waals surface area (Å²) in [4.78, 5) is 2.56. The van der Waals surface area contributed by atoms with Gasteiger partial charge in [-0.1, -0.05) is 13.0 Å². The first-order chi connectivity index (χ1) is 9.22. The Hall–Kier alpha value is -1.22. The molecule has 2 atom stereocenters. The van der Waals surface area contributed by atoms with Crippen molar-refractivity contribution < 1.29 is 4.74 Å². The number of benzene rings is 1. The molecule has 0 aromatic heterocycles. The Kier molecular flexibility index (Phi) is 4.70. The van der Waals surface area contributed by atoms with Crippen molar-refractivity contribution in [2.24, 2.45) is 0 Å². The molecule has 1 saturated heterocycles. The molecule has 1 aliphatic rings. The van der Waals surface area contributed by atoms with Crippen LogP contribution in [-0.4, -0.2) is 26.7 Å².